The fourth-order valence-electron chi connectivity index (χ4n) is 3.10. The highest BCUT2D eigenvalue weighted by Gasteiger charge is 2.16. The summed E-state index contributed by atoms with van der Waals surface area (Å²) in [4.78, 5) is 12.5. The Bertz CT molecular complexity index is 1020. The van der Waals surface area contributed by atoms with Crippen LogP contribution in [0.1, 0.15) is 27.7 Å². The fourth-order valence-corrected chi connectivity index (χ4v) is 3.10. The van der Waals surface area contributed by atoms with Gasteiger partial charge < -0.3 is 15.4 Å². The molecule has 0 saturated carbocycles. The molecule has 1 aliphatic heterocycles. The maximum Gasteiger partial charge on any atom is 0.276 e. The van der Waals surface area contributed by atoms with E-state index in [-0.39, 0.29) is 30.1 Å². The van der Waals surface area contributed by atoms with E-state index in [1.165, 1.54) is 0 Å². The number of hydrogen-bond donors (Lipinski definition) is 3. The van der Waals surface area contributed by atoms with Crippen LogP contribution >= 0.6 is 12.4 Å². The smallest absolute Gasteiger partial charge is 0.276 e. The van der Waals surface area contributed by atoms with Gasteiger partial charge in [0.05, 0.1) is 30.0 Å². The number of nitriles is 1. The molecule has 1 fully saturated rings. The van der Waals surface area contributed by atoms with Crippen molar-refractivity contribution < 1.29 is 9.53 Å². The summed E-state index contributed by atoms with van der Waals surface area (Å²) in [5.74, 6) is -0.303. The van der Waals surface area contributed by atoms with Gasteiger partial charge in [-0.25, -0.2) is 0 Å². The van der Waals surface area contributed by atoms with Gasteiger partial charge >= 0.3 is 0 Å². The lowest BCUT2D eigenvalue weighted by Gasteiger charge is -2.24. The predicted molar refractivity (Wildman–Crippen MR) is 112 cm³/mol. The van der Waals surface area contributed by atoms with Gasteiger partial charge in [-0.15, -0.1) is 12.4 Å². The standard InChI is InChI=1S/C21H19N5O2.ClH/c22-12-14-2-1-3-16(10-14)18-11-19(26-25-18)21(27)24-17-6-4-15(5-7-17)20-13-23-8-9-28-20;/h1-7,10-11,20,23H,8-9,13H2,(H,24,27)(H,25,26);1H. The van der Waals surface area contributed by atoms with Crippen LogP contribution in [0.5, 0.6) is 0 Å². The lowest BCUT2D eigenvalue weighted by atomic mass is 10.1. The number of amides is 1. The summed E-state index contributed by atoms with van der Waals surface area (Å²) < 4.78 is 5.73. The highest BCUT2D eigenvalue weighted by atomic mass is 35.5. The molecule has 1 atom stereocenters. The van der Waals surface area contributed by atoms with Crippen molar-refractivity contribution in [3.05, 3.63) is 71.4 Å². The first-order valence-corrected chi connectivity index (χ1v) is 9.02. The Hall–Kier alpha value is -3.18. The quantitative estimate of drug-likeness (QED) is 0.613. The van der Waals surface area contributed by atoms with Crippen LogP contribution in [0.2, 0.25) is 0 Å². The average molecular weight is 410 g/mol. The Morgan fingerprint density at radius 3 is 2.76 bits per heavy atom. The third kappa shape index (κ3) is 4.81. The van der Waals surface area contributed by atoms with E-state index in [1.807, 2.05) is 30.3 Å². The van der Waals surface area contributed by atoms with Crippen LogP contribution < -0.4 is 10.6 Å². The van der Waals surface area contributed by atoms with Crippen LogP contribution in [0, 0.1) is 11.3 Å². The van der Waals surface area contributed by atoms with Crippen LogP contribution in [0.4, 0.5) is 5.69 Å². The number of carbonyl (C=O) groups excluding carboxylic acids is 1. The van der Waals surface area contributed by atoms with Crippen molar-refractivity contribution in [2.45, 2.75) is 6.10 Å². The molecule has 0 radical (unpaired) electrons. The third-order valence-electron chi connectivity index (χ3n) is 4.58. The molecule has 1 aromatic heterocycles. The maximum absolute atomic E-state index is 12.5. The number of morpholine rings is 1. The number of benzene rings is 2. The van der Waals surface area contributed by atoms with Crippen molar-refractivity contribution >= 4 is 24.0 Å². The third-order valence-corrected chi connectivity index (χ3v) is 4.58. The SMILES string of the molecule is Cl.N#Cc1cccc(-c2cc(C(=O)Nc3ccc(C4CNCCO4)cc3)n[nH]2)c1. The molecule has 0 bridgehead atoms. The minimum atomic E-state index is -0.303. The molecule has 148 valence electrons. The van der Waals surface area contributed by atoms with Gasteiger partial charge in [-0.05, 0) is 35.9 Å². The van der Waals surface area contributed by atoms with Crippen LogP contribution in [0.15, 0.2) is 54.6 Å². The number of nitrogens with zero attached hydrogens (tertiary/aromatic N) is 2. The zero-order valence-electron chi connectivity index (χ0n) is 15.5. The second kappa shape index (κ2) is 9.34. The molecular weight excluding hydrogens is 390 g/mol. The van der Waals surface area contributed by atoms with E-state index >= 15 is 0 Å². The Kier molecular flexibility index (Phi) is 6.62. The lowest BCUT2D eigenvalue weighted by Crippen LogP contribution is -2.33. The van der Waals surface area contributed by atoms with Crippen molar-refractivity contribution in [2.24, 2.45) is 0 Å². The molecule has 3 N–H and O–H groups in total. The molecule has 2 heterocycles. The van der Waals surface area contributed by atoms with Crippen molar-refractivity contribution in [2.75, 3.05) is 25.0 Å². The van der Waals surface area contributed by atoms with Gasteiger partial charge in [0.2, 0.25) is 0 Å². The van der Waals surface area contributed by atoms with Crippen molar-refractivity contribution in [3.8, 4) is 17.3 Å². The summed E-state index contributed by atoms with van der Waals surface area (Å²) in [6.07, 6.45) is 0.0385. The Morgan fingerprint density at radius 2 is 2.03 bits per heavy atom. The highest BCUT2D eigenvalue weighted by molar-refractivity contribution is 6.03. The van der Waals surface area contributed by atoms with E-state index in [1.54, 1.807) is 24.3 Å². The zero-order chi connectivity index (χ0) is 19.3. The number of hydrogen-bond acceptors (Lipinski definition) is 5. The summed E-state index contributed by atoms with van der Waals surface area (Å²) in [7, 11) is 0. The van der Waals surface area contributed by atoms with Crippen molar-refractivity contribution in [3.63, 3.8) is 0 Å². The number of aromatic amines is 1. The van der Waals surface area contributed by atoms with Gasteiger partial charge in [0, 0.05) is 24.3 Å². The Balaban J connectivity index is 0.00000240. The molecule has 1 amide bonds. The molecule has 4 rings (SSSR count). The van der Waals surface area contributed by atoms with E-state index in [0.717, 1.165) is 24.2 Å². The molecule has 1 unspecified atom stereocenters. The summed E-state index contributed by atoms with van der Waals surface area (Å²) in [6.45, 7) is 2.35. The number of aromatic nitrogens is 2. The first-order chi connectivity index (χ1) is 13.7. The topological polar surface area (TPSA) is 103 Å². The van der Waals surface area contributed by atoms with Gasteiger partial charge in [-0.3, -0.25) is 9.89 Å². The normalized spacial score (nSPS) is 15.8. The molecular formula is C21H20ClN5O2. The van der Waals surface area contributed by atoms with E-state index in [0.29, 0.717) is 23.6 Å². The highest BCUT2D eigenvalue weighted by Crippen LogP contribution is 2.22. The molecule has 1 aliphatic rings. The minimum Gasteiger partial charge on any atom is -0.371 e. The average Bonchev–Trinajstić information content (AvgIpc) is 3.25. The summed E-state index contributed by atoms with van der Waals surface area (Å²) in [5, 5.41) is 22.1. The molecule has 7 nitrogen and oxygen atoms in total. The molecule has 0 aliphatic carbocycles. The molecule has 29 heavy (non-hydrogen) atoms. The second-order valence-electron chi connectivity index (χ2n) is 6.50. The summed E-state index contributed by atoms with van der Waals surface area (Å²) in [5.41, 5.74) is 4.07. The molecule has 8 heteroatoms. The number of H-pyrrole nitrogens is 1. The second-order valence-corrected chi connectivity index (χ2v) is 6.50. The van der Waals surface area contributed by atoms with Crippen LogP contribution in [0.25, 0.3) is 11.3 Å². The van der Waals surface area contributed by atoms with Crippen molar-refractivity contribution in [1.29, 1.82) is 5.26 Å². The van der Waals surface area contributed by atoms with Gasteiger partial charge in [-0.2, -0.15) is 10.4 Å². The Labute approximate surface area is 174 Å². The number of carbonyl (C=O) groups is 1. The molecule has 3 aromatic rings. The van der Waals surface area contributed by atoms with Crippen LogP contribution in [-0.4, -0.2) is 35.8 Å². The first-order valence-electron chi connectivity index (χ1n) is 9.02. The molecule has 2 aromatic carbocycles. The number of anilines is 1. The minimum absolute atomic E-state index is 0. The van der Waals surface area contributed by atoms with Gasteiger partial charge in [0.15, 0.2) is 5.69 Å². The van der Waals surface area contributed by atoms with Crippen molar-refractivity contribution in [1.82, 2.24) is 15.5 Å². The zero-order valence-corrected chi connectivity index (χ0v) is 16.3. The largest absolute Gasteiger partial charge is 0.371 e. The van der Waals surface area contributed by atoms with Gasteiger partial charge in [-0.1, -0.05) is 24.3 Å². The number of halogens is 1. The molecule has 1 saturated heterocycles. The lowest BCUT2D eigenvalue weighted by molar-refractivity contribution is 0.0277. The summed E-state index contributed by atoms with van der Waals surface area (Å²) in [6, 6.07) is 18.5. The van der Waals surface area contributed by atoms with Gasteiger partial charge in [0.1, 0.15) is 0 Å². The molecule has 0 spiro atoms. The van der Waals surface area contributed by atoms with E-state index in [9.17, 15) is 4.79 Å². The van der Waals surface area contributed by atoms with Crippen LogP contribution in [-0.2, 0) is 4.74 Å². The first kappa shape index (κ1) is 20.6. The monoisotopic (exact) mass is 409 g/mol. The van der Waals surface area contributed by atoms with E-state index in [4.69, 9.17) is 10.00 Å². The van der Waals surface area contributed by atoms with E-state index in [2.05, 4.69) is 26.9 Å². The number of ether oxygens (including phenoxy) is 1. The maximum atomic E-state index is 12.5. The van der Waals surface area contributed by atoms with Gasteiger partial charge in [0.25, 0.3) is 5.91 Å². The predicted octanol–water partition coefficient (Wildman–Crippen LogP) is 3.28. The number of rotatable bonds is 4. The van der Waals surface area contributed by atoms with E-state index < -0.39 is 0 Å². The number of nitrogens with one attached hydrogen (secondary N) is 3. The summed E-state index contributed by atoms with van der Waals surface area (Å²) >= 11 is 0. The Morgan fingerprint density at radius 1 is 1.21 bits per heavy atom. The van der Waals surface area contributed by atoms with Crippen LogP contribution in [0.3, 0.4) is 0 Å². The fraction of sp³-hybridized carbons (Fsp3) is 0.190.